The predicted octanol–water partition coefficient (Wildman–Crippen LogP) is 4.91. The van der Waals surface area contributed by atoms with Gasteiger partial charge in [-0.25, -0.2) is 5.01 Å². The Morgan fingerprint density at radius 1 is 1.00 bits per heavy atom. The maximum Gasteiger partial charge on any atom is 0.282 e. The Morgan fingerprint density at radius 3 is 2.34 bits per heavy atom. The molecule has 8 heteroatoms. The lowest BCUT2D eigenvalue weighted by Crippen LogP contribution is -2.35. The summed E-state index contributed by atoms with van der Waals surface area (Å²) in [6.45, 7) is 0.108. The summed E-state index contributed by atoms with van der Waals surface area (Å²) in [5, 5.41) is 10.8. The molecule has 1 N–H and O–H groups in total. The molecule has 1 aliphatic heterocycles. The van der Waals surface area contributed by atoms with E-state index in [0.717, 1.165) is 0 Å². The van der Waals surface area contributed by atoms with Gasteiger partial charge in [0.1, 0.15) is 12.2 Å². The van der Waals surface area contributed by atoms with Crippen LogP contribution < -0.4 is 15.2 Å². The number of carbonyl (C=O) groups excluding carboxylic acids is 2. The zero-order chi connectivity index (χ0) is 22.7. The Balaban J connectivity index is 1.57. The Hall–Kier alpha value is -3.79. The fraction of sp³-hybridized carbons (Fsp3) is 0.0417. The molecular formula is C24H15Cl2N3O3. The van der Waals surface area contributed by atoms with Gasteiger partial charge in [0.05, 0.1) is 27.4 Å². The van der Waals surface area contributed by atoms with E-state index in [1.54, 1.807) is 60.7 Å². The van der Waals surface area contributed by atoms with Gasteiger partial charge in [0.25, 0.3) is 11.8 Å². The molecule has 158 valence electrons. The first kappa shape index (κ1) is 21.4. The summed E-state index contributed by atoms with van der Waals surface area (Å²) < 4.78 is 5.75. The van der Waals surface area contributed by atoms with Crippen molar-refractivity contribution < 1.29 is 14.3 Å². The van der Waals surface area contributed by atoms with Gasteiger partial charge < -0.3 is 4.74 Å². The van der Waals surface area contributed by atoms with Gasteiger partial charge in [0.15, 0.2) is 5.75 Å². The zero-order valence-electron chi connectivity index (χ0n) is 16.5. The number of hydrogen-bond acceptors (Lipinski definition) is 4. The molecule has 0 aromatic heterocycles. The lowest BCUT2D eigenvalue weighted by Gasteiger charge is -2.14. The topological polar surface area (TPSA) is 82.4 Å². The fourth-order valence-electron chi connectivity index (χ4n) is 3.19. The Kier molecular flexibility index (Phi) is 6.13. The Bertz CT molecular complexity index is 1260. The SMILES string of the molecule is N#Cc1ccccc1COc1c(Cl)cc(/C=C2/C(=O)NN(c3ccccc3)C2=O)cc1Cl. The molecule has 3 aromatic rings. The molecule has 1 saturated heterocycles. The molecule has 0 spiro atoms. The number of anilines is 1. The molecule has 0 unspecified atom stereocenters. The molecule has 4 rings (SSSR count). The molecule has 32 heavy (non-hydrogen) atoms. The van der Waals surface area contributed by atoms with E-state index in [1.165, 1.54) is 11.1 Å². The van der Waals surface area contributed by atoms with Crippen LogP contribution >= 0.6 is 23.2 Å². The van der Waals surface area contributed by atoms with E-state index in [2.05, 4.69) is 11.5 Å². The van der Waals surface area contributed by atoms with Gasteiger partial charge in [-0.05, 0) is 42.0 Å². The number of hydrazine groups is 1. The maximum atomic E-state index is 12.7. The molecule has 1 heterocycles. The summed E-state index contributed by atoms with van der Waals surface area (Å²) in [7, 11) is 0. The standard InChI is InChI=1S/C24H15Cl2N3O3/c25-20-11-15(10-19-23(30)28-29(24(19)31)18-8-2-1-3-9-18)12-21(26)22(20)32-14-17-7-5-4-6-16(17)13-27/h1-12H,14H2,(H,28,30)/b19-10-. The van der Waals surface area contributed by atoms with Crippen molar-refractivity contribution in [3.63, 3.8) is 0 Å². The van der Waals surface area contributed by atoms with Crippen molar-refractivity contribution >= 4 is 46.8 Å². The highest BCUT2D eigenvalue weighted by Crippen LogP contribution is 2.36. The lowest BCUT2D eigenvalue weighted by atomic mass is 10.1. The number of carbonyl (C=O) groups is 2. The normalized spacial score (nSPS) is 14.4. The predicted molar refractivity (Wildman–Crippen MR) is 122 cm³/mol. The molecule has 2 amide bonds. The number of amides is 2. The Labute approximate surface area is 194 Å². The number of hydrogen-bond donors (Lipinski definition) is 1. The second-order valence-corrected chi connectivity index (χ2v) is 7.66. The third-order valence-corrected chi connectivity index (χ3v) is 5.31. The number of nitrogens with zero attached hydrogens (tertiary/aromatic N) is 2. The van der Waals surface area contributed by atoms with E-state index in [4.69, 9.17) is 27.9 Å². The van der Waals surface area contributed by atoms with Gasteiger partial charge >= 0.3 is 0 Å². The first-order valence-corrected chi connectivity index (χ1v) is 10.3. The summed E-state index contributed by atoms with van der Waals surface area (Å²) >= 11 is 12.7. The van der Waals surface area contributed by atoms with Crippen molar-refractivity contribution in [2.45, 2.75) is 6.61 Å². The van der Waals surface area contributed by atoms with Crippen LogP contribution in [0, 0.1) is 11.3 Å². The third kappa shape index (κ3) is 4.30. The third-order valence-electron chi connectivity index (χ3n) is 4.75. The van der Waals surface area contributed by atoms with Gasteiger partial charge in [-0.2, -0.15) is 5.26 Å². The molecule has 0 radical (unpaired) electrons. The summed E-state index contributed by atoms with van der Waals surface area (Å²) in [5.41, 5.74) is 4.71. The zero-order valence-corrected chi connectivity index (χ0v) is 18.0. The number of nitriles is 1. The molecular weight excluding hydrogens is 449 g/mol. The molecule has 1 fully saturated rings. The van der Waals surface area contributed by atoms with Gasteiger partial charge in [0.2, 0.25) is 0 Å². The average Bonchev–Trinajstić information content (AvgIpc) is 3.07. The van der Waals surface area contributed by atoms with E-state index in [9.17, 15) is 14.9 Å². The number of nitrogens with one attached hydrogen (secondary N) is 1. The van der Waals surface area contributed by atoms with Crippen LogP contribution in [0.1, 0.15) is 16.7 Å². The molecule has 1 aliphatic rings. The van der Waals surface area contributed by atoms with Crippen LogP contribution in [0.2, 0.25) is 10.0 Å². The minimum absolute atomic E-state index is 0.0439. The monoisotopic (exact) mass is 463 g/mol. The number of para-hydroxylation sites is 1. The fourth-order valence-corrected chi connectivity index (χ4v) is 3.80. The van der Waals surface area contributed by atoms with Crippen LogP contribution in [0.3, 0.4) is 0 Å². The highest BCUT2D eigenvalue weighted by molar-refractivity contribution is 6.37. The largest absolute Gasteiger partial charge is 0.486 e. The first-order chi connectivity index (χ1) is 15.5. The molecule has 0 bridgehead atoms. The van der Waals surface area contributed by atoms with Crippen LogP contribution in [-0.2, 0) is 16.2 Å². The second kappa shape index (κ2) is 9.15. The van der Waals surface area contributed by atoms with Crippen LogP contribution in [-0.4, -0.2) is 11.8 Å². The quantitative estimate of drug-likeness (QED) is 0.430. The van der Waals surface area contributed by atoms with E-state index < -0.39 is 11.8 Å². The van der Waals surface area contributed by atoms with Crippen molar-refractivity contribution in [1.82, 2.24) is 5.43 Å². The van der Waals surface area contributed by atoms with E-state index in [0.29, 0.717) is 22.4 Å². The molecule has 6 nitrogen and oxygen atoms in total. The number of rotatable bonds is 5. The van der Waals surface area contributed by atoms with Crippen molar-refractivity contribution in [3.05, 3.63) is 99.0 Å². The number of benzene rings is 3. The van der Waals surface area contributed by atoms with E-state index in [-0.39, 0.29) is 28.0 Å². The van der Waals surface area contributed by atoms with Crippen molar-refractivity contribution in [1.29, 1.82) is 5.26 Å². The number of halogens is 2. The van der Waals surface area contributed by atoms with E-state index in [1.807, 2.05) is 6.07 Å². The van der Waals surface area contributed by atoms with Crippen molar-refractivity contribution in [3.8, 4) is 11.8 Å². The average molecular weight is 464 g/mol. The molecule has 0 saturated carbocycles. The summed E-state index contributed by atoms with van der Waals surface area (Å²) in [6, 6.07) is 21.0. The van der Waals surface area contributed by atoms with Crippen LogP contribution in [0.4, 0.5) is 5.69 Å². The highest BCUT2D eigenvalue weighted by atomic mass is 35.5. The number of ether oxygens (including phenoxy) is 1. The van der Waals surface area contributed by atoms with E-state index >= 15 is 0 Å². The van der Waals surface area contributed by atoms with Crippen LogP contribution in [0.25, 0.3) is 6.08 Å². The first-order valence-electron chi connectivity index (χ1n) is 9.50. The smallest absolute Gasteiger partial charge is 0.282 e. The van der Waals surface area contributed by atoms with Crippen LogP contribution in [0.5, 0.6) is 5.75 Å². The van der Waals surface area contributed by atoms with Gasteiger partial charge in [0, 0.05) is 5.56 Å². The molecule has 0 aliphatic carbocycles. The molecule has 0 atom stereocenters. The summed E-state index contributed by atoms with van der Waals surface area (Å²) in [4.78, 5) is 25.1. The highest BCUT2D eigenvalue weighted by Gasteiger charge is 2.34. The maximum absolute atomic E-state index is 12.7. The molecule has 3 aromatic carbocycles. The van der Waals surface area contributed by atoms with Crippen LogP contribution in [0.15, 0.2) is 72.3 Å². The summed E-state index contributed by atoms with van der Waals surface area (Å²) in [6.07, 6.45) is 1.42. The van der Waals surface area contributed by atoms with Crippen molar-refractivity contribution in [2.24, 2.45) is 0 Å². The second-order valence-electron chi connectivity index (χ2n) is 6.85. The minimum atomic E-state index is -0.528. The Morgan fingerprint density at radius 2 is 1.66 bits per heavy atom. The van der Waals surface area contributed by atoms with Gasteiger partial charge in [-0.3, -0.25) is 15.0 Å². The van der Waals surface area contributed by atoms with Gasteiger partial charge in [-0.1, -0.05) is 59.6 Å². The lowest BCUT2D eigenvalue weighted by molar-refractivity contribution is -0.117. The summed E-state index contributed by atoms with van der Waals surface area (Å²) in [5.74, 6) is -0.766. The van der Waals surface area contributed by atoms with Crippen molar-refractivity contribution in [2.75, 3.05) is 5.01 Å². The van der Waals surface area contributed by atoms with Gasteiger partial charge in [-0.15, -0.1) is 0 Å². The minimum Gasteiger partial charge on any atom is -0.486 e.